The van der Waals surface area contributed by atoms with Gasteiger partial charge in [-0.25, -0.2) is 0 Å². The zero-order valence-electron chi connectivity index (χ0n) is 12.2. The molecule has 0 aliphatic carbocycles. The lowest BCUT2D eigenvalue weighted by atomic mass is 10.2. The summed E-state index contributed by atoms with van der Waals surface area (Å²) in [5.41, 5.74) is 1.16. The molecule has 0 radical (unpaired) electrons. The van der Waals surface area contributed by atoms with Crippen LogP contribution >= 0.6 is 31.9 Å². The number of hydrogen-bond donors (Lipinski definition) is 1. The Balaban J connectivity index is 2.42. The van der Waals surface area contributed by atoms with Crippen LogP contribution in [0.25, 0.3) is 0 Å². The molecule has 1 N–H and O–H groups in total. The number of halogens is 2. The Morgan fingerprint density at radius 1 is 1.15 bits per heavy atom. The van der Waals surface area contributed by atoms with Gasteiger partial charge in [0.05, 0.1) is 11.1 Å². The maximum absolute atomic E-state index is 5.70. The van der Waals surface area contributed by atoms with Gasteiger partial charge in [-0.1, -0.05) is 22.9 Å². The predicted molar refractivity (Wildman–Crippen MR) is 90.4 cm³/mol. The lowest BCUT2D eigenvalue weighted by Crippen LogP contribution is -2.17. The van der Waals surface area contributed by atoms with Crippen molar-refractivity contribution in [1.29, 1.82) is 0 Å². The Morgan fingerprint density at radius 3 is 2.65 bits per heavy atom. The van der Waals surface area contributed by atoms with Crippen molar-refractivity contribution in [3.63, 3.8) is 0 Å². The van der Waals surface area contributed by atoms with Gasteiger partial charge >= 0.3 is 0 Å². The second-order valence-corrected chi connectivity index (χ2v) is 6.22. The molecule has 1 aromatic carbocycles. The van der Waals surface area contributed by atoms with Crippen LogP contribution < -0.4 is 10.1 Å². The van der Waals surface area contributed by atoms with E-state index in [9.17, 15) is 0 Å². The summed E-state index contributed by atoms with van der Waals surface area (Å²) in [6, 6.07) is 4.10. The van der Waals surface area contributed by atoms with Crippen molar-refractivity contribution >= 4 is 31.9 Å². The van der Waals surface area contributed by atoms with E-state index in [0.717, 1.165) is 59.4 Å². The lowest BCUT2D eigenvalue weighted by molar-refractivity contribution is 0.132. The van der Waals surface area contributed by atoms with E-state index in [2.05, 4.69) is 50.2 Å². The van der Waals surface area contributed by atoms with Crippen LogP contribution in [0, 0.1) is 0 Å². The van der Waals surface area contributed by atoms with Crippen LogP contribution in [0.2, 0.25) is 0 Å². The molecule has 1 rings (SSSR count). The summed E-state index contributed by atoms with van der Waals surface area (Å²) in [5.74, 6) is 0.922. The lowest BCUT2D eigenvalue weighted by Gasteiger charge is -2.13. The van der Waals surface area contributed by atoms with Crippen LogP contribution in [-0.4, -0.2) is 26.4 Å². The first-order chi connectivity index (χ1) is 9.69. The molecule has 0 spiro atoms. The van der Waals surface area contributed by atoms with Crippen LogP contribution in [0.1, 0.15) is 32.3 Å². The number of ether oxygens (including phenoxy) is 2. The molecule has 0 unspecified atom stereocenters. The Kier molecular flexibility index (Phi) is 9.52. The minimum absolute atomic E-state index is 0.665. The van der Waals surface area contributed by atoms with E-state index in [1.165, 1.54) is 0 Å². The van der Waals surface area contributed by atoms with Gasteiger partial charge in [0, 0.05) is 29.8 Å². The molecule has 0 aliphatic rings. The molecule has 0 aromatic heterocycles. The maximum Gasteiger partial charge on any atom is 0.138 e. The van der Waals surface area contributed by atoms with E-state index in [1.807, 2.05) is 13.0 Å². The van der Waals surface area contributed by atoms with Gasteiger partial charge in [0.15, 0.2) is 0 Å². The van der Waals surface area contributed by atoms with E-state index in [4.69, 9.17) is 9.47 Å². The third-order valence-electron chi connectivity index (χ3n) is 2.68. The molecule has 0 atom stereocenters. The van der Waals surface area contributed by atoms with Gasteiger partial charge in [0.1, 0.15) is 5.75 Å². The second-order valence-electron chi connectivity index (χ2n) is 4.45. The number of nitrogens with one attached hydrogen (secondary N) is 1. The number of benzene rings is 1. The SMILES string of the molecule is CCCOCCCNCc1cc(Br)cc(Br)c1OCC. The van der Waals surface area contributed by atoms with Gasteiger partial charge in [0.2, 0.25) is 0 Å². The van der Waals surface area contributed by atoms with Crippen molar-refractivity contribution < 1.29 is 9.47 Å². The van der Waals surface area contributed by atoms with E-state index >= 15 is 0 Å². The molecule has 20 heavy (non-hydrogen) atoms. The zero-order chi connectivity index (χ0) is 14.8. The highest BCUT2D eigenvalue weighted by atomic mass is 79.9. The predicted octanol–water partition coefficient (Wildman–Crippen LogP) is 4.52. The molecule has 0 bridgehead atoms. The molecule has 0 heterocycles. The van der Waals surface area contributed by atoms with Crippen molar-refractivity contribution in [2.75, 3.05) is 26.4 Å². The molecule has 0 saturated carbocycles. The summed E-state index contributed by atoms with van der Waals surface area (Å²) in [5, 5.41) is 3.43. The minimum atomic E-state index is 0.665. The Hall–Kier alpha value is -0.100. The van der Waals surface area contributed by atoms with Gasteiger partial charge in [-0.05, 0) is 54.4 Å². The van der Waals surface area contributed by atoms with E-state index in [1.54, 1.807) is 0 Å². The highest BCUT2D eigenvalue weighted by molar-refractivity contribution is 9.11. The minimum Gasteiger partial charge on any atom is -0.492 e. The van der Waals surface area contributed by atoms with Crippen LogP contribution in [-0.2, 0) is 11.3 Å². The topological polar surface area (TPSA) is 30.5 Å². The average Bonchev–Trinajstić information content (AvgIpc) is 2.41. The van der Waals surface area contributed by atoms with E-state index in [-0.39, 0.29) is 0 Å². The molecule has 1 aromatic rings. The summed E-state index contributed by atoms with van der Waals surface area (Å²) in [6.45, 7) is 8.20. The van der Waals surface area contributed by atoms with Gasteiger partial charge in [-0.3, -0.25) is 0 Å². The molecule has 0 amide bonds. The van der Waals surface area contributed by atoms with Gasteiger partial charge in [-0.2, -0.15) is 0 Å². The smallest absolute Gasteiger partial charge is 0.138 e. The maximum atomic E-state index is 5.70. The van der Waals surface area contributed by atoms with Gasteiger partial charge in [0.25, 0.3) is 0 Å². The van der Waals surface area contributed by atoms with E-state index < -0.39 is 0 Å². The average molecular weight is 409 g/mol. The summed E-state index contributed by atoms with van der Waals surface area (Å²) < 4.78 is 13.2. The summed E-state index contributed by atoms with van der Waals surface area (Å²) in [7, 11) is 0. The third kappa shape index (κ3) is 6.57. The molecular weight excluding hydrogens is 386 g/mol. The molecule has 114 valence electrons. The largest absolute Gasteiger partial charge is 0.492 e. The van der Waals surface area contributed by atoms with Crippen LogP contribution in [0.15, 0.2) is 21.1 Å². The molecule has 0 fully saturated rings. The Bertz CT molecular complexity index is 400. The normalized spacial score (nSPS) is 10.8. The van der Waals surface area contributed by atoms with Crippen LogP contribution in [0.3, 0.4) is 0 Å². The Morgan fingerprint density at radius 2 is 1.95 bits per heavy atom. The van der Waals surface area contributed by atoms with Crippen molar-refractivity contribution in [3.8, 4) is 5.75 Å². The summed E-state index contributed by atoms with van der Waals surface area (Å²) in [4.78, 5) is 0. The van der Waals surface area contributed by atoms with Crippen molar-refractivity contribution in [1.82, 2.24) is 5.32 Å². The molecule has 5 heteroatoms. The van der Waals surface area contributed by atoms with E-state index in [0.29, 0.717) is 6.61 Å². The molecular formula is C15H23Br2NO2. The quantitative estimate of drug-likeness (QED) is 0.577. The first kappa shape index (κ1) is 18.0. The standard InChI is InChI=1S/C15H23Br2NO2/c1-3-7-19-8-5-6-18-11-12-9-13(16)10-14(17)15(12)20-4-2/h9-10,18H,3-8,11H2,1-2H3. The fraction of sp³-hybridized carbons (Fsp3) is 0.600. The number of rotatable bonds is 10. The van der Waals surface area contributed by atoms with Crippen molar-refractivity contribution in [2.24, 2.45) is 0 Å². The zero-order valence-corrected chi connectivity index (χ0v) is 15.3. The first-order valence-corrected chi connectivity index (χ1v) is 8.66. The third-order valence-corrected chi connectivity index (χ3v) is 3.73. The summed E-state index contributed by atoms with van der Waals surface area (Å²) in [6.07, 6.45) is 2.11. The monoisotopic (exact) mass is 407 g/mol. The number of hydrogen-bond acceptors (Lipinski definition) is 3. The first-order valence-electron chi connectivity index (χ1n) is 7.08. The Labute approximate surface area is 138 Å². The molecule has 3 nitrogen and oxygen atoms in total. The molecule has 0 aliphatic heterocycles. The van der Waals surface area contributed by atoms with Crippen LogP contribution in [0.4, 0.5) is 0 Å². The fourth-order valence-electron chi connectivity index (χ4n) is 1.82. The summed E-state index contributed by atoms with van der Waals surface area (Å²) >= 11 is 7.06. The second kappa shape index (κ2) is 10.6. The fourth-order valence-corrected chi connectivity index (χ4v) is 3.25. The van der Waals surface area contributed by atoms with Crippen molar-refractivity contribution in [3.05, 3.63) is 26.6 Å². The van der Waals surface area contributed by atoms with Gasteiger partial charge in [-0.15, -0.1) is 0 Å². The highest BCUT2D eigenvalue weighted by Gasteiger charge is 2.09. The van der Waals surface area contributed by atoms with Crippen molar-refractivity contribution in [2.45, 2.75) is 33.2 Å². The van der Waals surface area contributed by atoms with Crippen LogP contribution in [0.5, 0.6) is 5.75 Å². The van der Waals surface area contributed by atoms with Gasteiger partial charge < -0.3 is 14.8 Å². The molecule has 0 saturated heterocycles. The highest BCUT2D eigenvalue weighted by Crippen LogP contribution is 2.32.